The molecule has 2 heteroatoms. The van der Waals surface area contributed by atoms with E-state index in [2.05, 4.69) is 4.72 Å². The van der Waals surface area contributed by atoms with Crippen LogP contribution in [0.5, 0.6) is 0 Å². The number of rotatable bonds is 4. The van der Waals surface area contributed by atoms with E-state index in [0.717, 1.165) is 12.0 Å². The summed E-state index contributed by atoms with van der Waals surface area (Å²) in [6.07, 6.45) is 13.1. The molecule has 1 nitrogen and oxygen atoms in total. The highest BCUT2D eigenvalue weighted by molar-refractivity contribution is 7.97. The third kappa shape index (κ3) is 3.47. The minimum absolute atomic E-state index is 0.837. The highest BCUT2D eigenvalue weighted by atomic mass is 32.2. The van der Waals surface area contributed by atoms with Crippen LogP contribution in [0.3, 0.4) is 0 Å². The van der Waals surface area contributed by atoms with Crippen molar-refractivity contribution in [1.82, 2.24) is 4.72 Å². The van der Waals surface area contributed by atoms with Crippen LogP contribution in [0.25, 0.3) is 0 Å². The Balaban J connectivity index is 1.52. The molecule has 0 unspecified atom stereocenters. The summed E-state index contributed by atoms with van der Waals surface area (Å²) in [6, 6.07) is 0.837. The lowest BCUT2D eigenvalue weighted by Crippen LogP contribution is -2.21. The molecule has 0 atom stereocenters. The van der Waals surface area contributed by atoms with Crippen molar-refractivity contribution in [2.45, 2.75) is 63.8 Å². The van der Waals surface area contributed by atoms with Crippen LogP contribution in [-0.2, 0) is 0 Å². The van der Waals surface area contributed by atoms with E-state index < -0.39 is 0 Å². The Bertz CT molecular complexity index is 148. The first kappa shape index (κ1) is 10.8. The van der Waals surface area contributed by atoms with Gasteiger partial charge in [0.1, 0.15) is 0 Å². The standard InChI is InChI=1S/C12H23NS/c1-2-6-11(7-3-1)10-14-13-12-8-4-5-9-12/h11-13H,1-10H2. The molecule has 0 spiro atoms. The van der Waals surface area contributed by atoms with Crippen LogP contribution in [0.15, 0.2) is 0 Å². The van der Waals surface area contributed by atoms with E-state index in [1.165, 1.54) is 63.5 Å². The van der Waals surface area contributed by atoms with Gasteiger partial charge in [0.2, 0.25) is 0 Å². The fraction of sp³-hybridized carbons (Fsp3) is 1.00. The molecular weight excluding hydrogens is 190 g/mol. The summed E-state index contributed by atoms with van der Waals surface area (Å²) in [4.78, 5) is 0. The molecule has 0 aromatic rings. The third-order valence-corrected chi connectivity index (χ3v) is 4.79. The molecule has 2 rings (SSSR count). The second-order valence-corrected chi connectivity index (χ2v) is 5.77. The lowest BCUT2D eigenvalue weighted by Gasteiger charge is -2.21. The topological polar surface area (TPSA) is 12.0 Å². The third-order valence-electron chi connectivity index (χ3n) is 3.65. The van der Waals surface area contributed by atoms with Crippen molar-refractivity contribution in [3.8, 4) is 0 Å². The Morgan fingerprint density at radius 2 is 1.50 bits per heavy atom. The van der Waals surface area contributed by atoms with Crippen LogP contribution in [0.2, 0.25) is 0 Å². The van der Waals surface area contributed by atoms with E-state index >= 15 is 0 Å². The molecule has 2 fully saturated rings. The molecule has 0 amide bonds. The number of hydrogen-bond acceptors (Lipinski definition) is 2. The molecule has 2 aliphatic carbocycles. The monoisotopic (exact) mass is 213 g/mol. The van der Waals surface area contributed by atoms with E-state index in [0.29, 0.717) is 0 Å². The van der Waals surface area contributed by atoms with Gasteiger partial charge in [0.25, 0.3) is 0 Å². The van der Waals surface area contributed by atoms with E-state index in [9.17, 15) is 0 Å². The summed E-state index contributed by atoms with van der Waals surface area (Å²) < 4.78 is 3.65. The minimum Gasteiger partial charge on any atom is -0.261 e. The molecule has 0 aromatic carbocycles. The van der Waals surface area contributed by atoms with Crippen LogP contribution < -0.4 is 4.72 Å². The van der Waals surface area contributed by atoms with Gasteiger partial charge in [-0.15, -0.1) is 0 Å². The van der Waals surface area contributed by atoms with Crippen molar-refractivity contribution < 1.29 is 0 Å². The quantitative estimate of drug-likeness (QED) is 0.714. The maximum absolute atomic E-state index is 3.65. The molecule has 2 saturated carbocycles. The SMILES string of the molecule is C1CCC(CSNC2CCCC2)CC1. The van der Waals surface area contributed by atoms with Crippen molar-refractivity contribution in [2.75, 3.05) is 5.75 Å². The van der Waals surface area contributed by atoms with Gasteiger partial charge in [-0.1, -0.05) is 44.1 Å². The second kappa shape index (κ2) is 6.02. The zero-order valence-electron chi connectivity index (χ0n) is 9.13. The Morgan fingerprint density at radius 3 is 2.21 bits per heavy atom. The second-order valence-electron chi connectivity index (χ2n) is 4.91. The van der Waals surface area contributed by atoms with Crippen LogP contribution in [0.1, 0.15) is 57.8 Å². The Labute approximate surface area is 92.6 Å². The molecular formula is C12H23NS. The average Bonchev–Trinajstić information content (AvgIpc) is 2.72. The molecule has 0 radical (unpaired) electrons. The highest BCUT2D eigenvalue weighted by Crippen LogP contribution is 2.27. The van der Waals surface area contributed by atoms with Crippen LogP contribution in [0.4, 0.5) is 0 Å². The van der Waals surface area contributed by atoms with Crippen LogP contribution in [-0.4, -0.2) is 11.8 Å². The lowest BCUT2D eigenvalue weighted by molar-refractivity contribution is 0.390. The zero-order chi connectivity index (χ0) is 9.64. The van der Waals surface area contributed by atoms with Crippen LogP contribution >= 0.6 is 11.9 Å². The van der Waals surface area contributed by atoms with Crippen molar-refractivity contribution in [1.29, 1.82) is 0 Å². The van der Waals surface area contributed by atoms with Crippen molar-refractivity contribution in [3.05, 3.63) is 0 Å². The summed E-state index contributed by atoms with van der Waals surface area (Å²) in [5, 5.41) is 0. The molecule has 0 saturated heterocycles. The van der Waals surface area contributed by atoms with E-state index in [4.69, 9.17) is 0 Å². The van der Waals surface area contributed by atoms with Crippen molar-refractivity contribution in [3.63, 3.8) is 0 Å². The summed E-state index contributed by atoms with van der Waals surface area (Å²) in [6.45, 7) is 0. The van der Waals surface area contributed by atoms with Crippen molar-refractivity contribution >= 4 is 11.9 Å². The molecule has 0 bridgehead atoms. The molecule has 1 N–H and O–H groups in total. The van der Waals surface area contributed by atoms with Crippen LogP contribution in [0, 0.1) is 5.92 Å². The van der Waals surface area contributed by atoms with E-state index in [-0.39, 0.29) is 0 Å². The zero-order valence-corrected chi connectivity index (χ0v) is 9.95. The molecule has 0 aromatic heterocycles. The average molecular weight is 213 g/mol. The minimum atomic E-state index is 0.837. The van der Waals surface area contributed by atoms with Gasteiger partial charge in [0.15, 0.2) is 0 Å². The highest BCUT2D eigenvalue weighted by Gasteiger charge is 2.16. The molecule has 0 heterocycles. The maximum Gasteiger partial charge on any atom is 0.0171 e. The fourth-order valence-electron chi connectivity index (χ4n) is 2.68. The largest absolute Gasteiger partial charge is 0.261 e. The van der Waals surface area contributed by atoms with Gasteiger partial charge < -0.3 is 0 Å². The number of nitrogens with one attached hydrogen (secondary N) is 1. The van der Waals surface area contributed by atoms with Gasteiger partial charge in [0, 0.05) is 11.8 Å². The normalized spacial score (nSPS) is 25.7. The Morgan fingerprint density at radius 1 is 0.857 bits per heavy atom. The van der Waals surface area contributed by atoms with E-state index in [1.807, 2.05) is 11.9 Å². The summed E-state index contributed by atoms with van der Waals surface area (Å²) in [5.74, 6) is 2.37. The first-order chi connectivity index (χ1) is 6.95. The predicted molar refractivity (Wildman–Crippen MR) is 64.4 cm³/mol. The maximum atomic E-state index is 3.65. The van der Waals surface area contributed by atoms with E-state index in [1.54, 1.807) is 0 Å². The smallest absolute Gasteiger partial charge is 0.0171 e. The molecule has 0 aliphatic heterocycles. The van der Waals surface area contributed by atoms with Gasteiger partial charge in [-0.3, -0.25) is 4.72 Å². The lowest BCUT2D eigenvalue weighted by atomic mass is 9.91. The summed E-state index contributed by atoms with van der Waals surface area (Å²) in [5.41, 5.74) is 0. The van der Waals surface area contributed by atoms with Gasteiger partial charge in [-0.05, 0) is 31.6 Å². The first-order valence-corrected chi connectivity index (χ1v) is 7.31. The van der Waals surface area contributed by atoms with Gasteiger partial charge in [-0.25, -0.2) is 0 Å². The fourth-order valence-corrected chi connectivity index (χ4v) is 3.82. The molecule has 82 valence electrons. The van der Waals surface area contributed by atoms with Gasteiger partial charge >= 0.3 is 0 Å². The Hall–Kier alpha value is 0.310. The summed E-state index contributed by atoms with van der Waals surface area (Å²) >= 11 is 2.01. The first-order valence-electron chi connectivity index (χ1n) is 6.32. The predicted octanol–water partition coefficient (Wildman–Crippen LogP) is 3.75. The Kier molecular flexibility index (Phi) is 4.65. The van der Waals surface area contributed by atoms with Crippen molar-refractivity contribution in [2.24, 2.45) is 5.92 Å². The molecule has 14 heavy (non-hydrogen) atoms. The van der Waals surface area contributed by atoms with Gasteiger partial charge in [-0.2, -0.15) is 0 Å². The van der Waals surface area contributed by atoms with Gasteiger partial charge in [0.05, 0.1) is 0 Å². The summed E-state index contributed by atoms with van der Waals surface area (Å²) in [7, 11) is 0. The number of hydrogen-bond donors (Lipinski definition) is 1. The molecule has 2 aliphatic rings.